The molecular formula is C21H28N4O. The van der Waals surface area contributed by atoms with Crippen LogP contribution in [0.4, 0.5) is 5.82 Å². The highest BCUT2D eigenvalue weighted by molar-refractivity contribution is 5.72. The number of anilines is 1. The molecule has 1 fully saturated rings. The third-order valence-electron chi connectivity index (χ3n) is 5.72. The third kappa shape index (κ3) is 3.40. The summed E-state index contributed by atoms with van der Waals surface area (Å²) in [6.07, 6.45) is 6.75. The fourth-order valence-electron chi connectivity index (χ4n) is 4.31. The van der Waals surface area contributed by atoms with Gasteiger partial charge >= 0.3 is 0 Å². The van der Waals surface area contributed by atoms with Crippen molar-refractivity contribution in [1.29, 1.82) is 0 Å². The Balaban J connectivity index is 1.58. The zero-order chi connectivity index (χ0) is 18.1. The number of phenols is 1. The second kappa shape index (κ2) is 7.23. The molecule has 1 atom stereocenters. The van der Waals surface area contributed by atoms with E-state index in [1.807, 2.05) is 13.0 Å². The Morgan fingerprint density at radius 3 is 2.81 bits per heavy atom. The first kappa shape index (κ1) is 17.3. The average molecular weight is 352 g/mol. The van der Waals surface area contributed by atoms with E-state index in [1.54, 1.807) is 0 Å². The van der Waals surface area contributed by atoms with Gasteiger partial charge in [-0.1, -0.05) is 6.07 Å². The van der Waals surface area contributed by atoms with Crippen LogP contribution in [-0.4, -0.2) is 46.4 Å². The number of nitrogens with zero attached hydrogens (tertiary/aromatic N) is 3. The van der Waals surface area contributed by atoms with Gasteiger partial charge in [0.2, 0.25) is 0 Å². The van der Waals surface area contributed by atoms with E-state index in [0.29, 0.717) is 11.8 Å². The Morgan fingerprint density at radius 2 is 2.00 bits per heavy atom. The number of piperidine rings is 1. The molecule has 138 valence electrons. The number of aryl methyl sites for hydroxylation is 2. The zero-order valence-electron chi connectivity index (χ0n) is 15.8. The molecule has 0 unspecified atom stereocenters. The Bertz CT molecular complexity index is 805. The molecule has 26 heavy (non-hydrogen) atoms. The van der Waals surface area contributed by atoms with E-state index in [1.165, 1.54) is 31.4 Å². The summed E-state index contributed by atoms with van der Waals surface area (Å²) in [5.74, 6) is 1.22. The Kier molecular flexibility index (Phi) is 4.81. The Labute approximate surface area is 155 Å². The summed E-state index contributed by atoms with van der Waals surface area (Å²) in [6.45, 7) is 4.24. The van der Waals surface area contributed by atoms with Gasteiger partial charge in [-0.3, -0.25) is 0 Å². The molecule has 2 heterocycles. The molecule has 1 aliphatic heterocycles. The van der Waals surface area contributed by atoms with E-state index in [2.05, 4.69) is 39.6 Å². The molecule has 1 aliphatic carbocycles. The van der Waals surface area contributed by atoms with E-state index < -0.39 is 0 Å². The Hall–Kier alpha value is -2.14. The van der Waals surface area contributed by atoms with Crippen molar-refractivity contribution in [1.82, 2.24) is 15.1 Å². The van der Waals surface area contributed by atoms with Gasteiger partial charge < -0.3 is 15.3 Å². The minimum Gasteiger partial charge on any atom is -0.507 e. The molecule has 5 nitrogen and oxygen atoms in total. The van der Waals surface area contributed by atoms with Crippen LogP contribution >= 0.6 is 0 Å². The molecule has 1 aromatic heterocycles. The number of hydrogen-bond donors (Lipinski definition) is 2. The number of likely N-dealkylation sites (tertiary alicyclic amines) is 1. The summed E-state index contributed by atoms with van der Waals surface area (Å²) in [5, 5.41) is 23.2. The fraction of sp³-hybridized carbons (Fsp3) is 0.524. The van der Waals surface area contributed by atoms with Crippen molar-refractivity contribution in [3.8, 4) is 17.0 Å². The number of aromatic hydroxyl groups is 1. The molecule has 2 aliphatic rings. The van der Waals surface area contributed by atoms with E-state index in [4.69, 9.17) is 0 Å². The number of hydrogen-bond acceptors (Lipinski definition) is 5. The van der Waals surface area contributed by atoms with E-state index in [0.717, 1.165) is 54.0 Å². The maximum Gasteiger partial charge on any atom is 0.149 e. The van der Waals surface area contributed by atoms with Gasteiger partial charge in [0.05, 0.1) is 5.69 Å². The summed E-state index contributed by atoms with van der Waals surface area (Å²) >= 11 is 0. The maximum absolute atomic E-state index is 10.8. The topological polar surface area (TPSA) is 61.3 Å². The van der Waals surface area contributed by atoms with Crippen molar-refractivity contribution in [3.05, 3.63) is 34.9 Å². The number of aromatic nitrogens is 2. The van der Waals surface area contributed by atoms with Crippen LogP contribution in [0.25, 0.3) is 11.3 Å². The second-order valence-electron chi connectivity index (χ2n) is 7.81. The number of likely N-dealkylation sites (N-methyl/N-ethyl adjacent to an activating group) is 1. The van der Waals surface area contributed by atoms with Crippen LogP contribution in [0.3, 0.4) is 0 Å². The largest absolute Gasteiger partial charge is 0.507 e. The molecule has 0 amide bonds. The third-order valence-corrected chi connectivity index (χ3v) is 5.72. The molecule has 5 heteroatoms. The first-order valence-corrected chi connectivity index (χ1v) is 9.75. The van der Waals surface area contributed by atoms with Crippen LogP contribution in [0.2, 0.25) is 0 Å². The lowest BCUT2D eigenvalue weighted by atomic mass is 9.88. The van der Waals surface area contributed by atoms with Gasteiger partial charge in [-0.2, -0.15) is 0 Å². The van der Waals surface area contributed by atoms with Gasteiger partial charge in [0.1, 0.15) is 11.6 Å². The minimum atomic E-state index is 0.397. The molecule has 0 saturated carbocycles. The molecule has 1 aromatic carbocycles. The number of fused-ring (bicyclic) bond motifs is 1. The average Bonchev–Trinajstić information content (AvgIpc) is 2.63. The van der Waals surface area contributed by atoms with Crippen molar-refractivity contribution in [3.63, 3.8) is 0 Å². The first-order valence-electron chi connectivity index (χ1n) is 9.75. The predicted molar refractivity (Wildman–Crippen MR) is 105 cm³/mol. The molecule has 0 radical (unpaired) electrons. The molecule has 0 spiro atoms. The monoisotopic (exact) mass is 352 g/mol. The molecule has 4 rings (SSSR count). The van der Waals surface area contributed by atoms with Crippen LogP contribution in [0, 0.1) is 6.92 Å². The molecule has 2 aromatic rings. The normalized spacial score (nSPS) is 20.6. The molecule has 0 bridgehead atoms. The van der Waals surface area contributed by atoms with E-state index >= 15 is 0 Å². The van der Waals surface area contributed by atoms with Crippen LogP contribution in [-0.2, 0) is 12.8 Å². The highest BCUT2D eigenvalue weighted by atomic mass is 16.3. The summed E-state index contributed by atoms with van der Waals surface area (Å²) < 4.78 is 0. The van der Waals surface area contributed by atoms with Crippen LogP contribution in [0.1, 0.15) is 42.4 Å². The summed E-state index contributed by atoms with van der Waals surface area (Å²) in [7, 11) is 2.16. The van der Waals surface area contributed by atoms with Crippen molar-refractivity contribution >= 4 is 5.82 Å². The molecule has 1 saturated heterocycles. The standard InChI is InChI=1S/C21H28N4O/c1-14-12-19(22-16-7-5-11-25(2)13-16)23-24-20(14)18-10-9-15-6-3-4-8-17(15)21(18)26/h9-10,12,16,26H,3-8,11,13H2,1-2H3,(H,22,23)/t16-/m1/s1. The Morgan fingerprint density at radius 1 is 1.15 bits per heavy atom. The lowest BCUT2D eigenvalue weighted by molar-refractivity contribution is 0.260. The molecular weight excluding hydrogens is 324 g/mol. The van der Waals surface area contributed by atoms with Crippen LogP contribution in [0.5, 0.6) is 5.75 Å². The smallest absolute Gasteiger partial charge is 0.149 e. The highest BCUT2D eigenvalue weighted by Crippen LogP contribution is 2.38. The second-order valence-corrected chi connectivity index (χ2v) is 7.81. The summed E-state index contributed by atoms with van der Waals surface area (Å²) in [4.78, 5) is 2.35. The van der Waals surface area contributed by atoms with Crippen molar-refractivity contribution in [2.75, 3.05) is 25.5 Å². The maximum atomic E-state index is 10.8. The lowest BCUT2D eigenvalue weighted by Crippen LogP contribution is -2.39. The van der Waals surface area contributed by atoms with Crippen molar-refractivity contribution in [2.45, 2.75) is 51.5 Å². The van der Waals surface area contributed by atoms with Crippen molar-refractivity contribution < 1.29 is 5.11 Å². The summed E-state index contributed by atoms with van der Waals surface area (Å²) in [5.41, 5.74) is 5.00. The number of benzene rings is 1. The first-order chi connectivity index (χ1) is 12.6. The fourth-order valence-corrected chi connectivity index (χ4v) is 4.31. The summed E-state index contributed by atoms with van der Waals surface area (Å²) in [6, 6.07) is 6.62. The van der Waals surface area contributed by atoms with E-state index in [9.17, 15) is 5.11 Å². The zero-order valence-corrected chi connectivity index (χ0v) is 15.8. The number of rotatable bonds is 3. The number of phenolic OH excluding ortho intramolecular Hbond substituents is 1. The number of nitrogens with one attached hydrogen (secondary N) is 1. The van der Waals surface area contributed by atoms with Gasteiger partial charge in [-0.15, -0.1) is 10.2 Å². The van der Waals surface area contributed by atoms with Crippen LogP contribution < -0.4 is 5.32 Å². The van der Waals surface area contributed by atoms with E-state index in [-0.39, 0.29) is 0 Å². The van der Waals surface area contributed by atoms with Gasteiger partial charge in [0, 0.05) is 18.2 Å². The van der Waals surface area contributed by atoms with Crippen molar-refractivity contribution in [2.24, 2.45) is 0 Å². The van der Waals surface area contributed by atoms with Gasteiger partial charge in [-0.05, 0) is 87.9 Å². The lowest BCUT2D eigenvalue weighted by Gasteiger charge is -2.30. The SMILES string of the molecule is Cc1cc(N[C@@H]2CCCN(C)C2)nnc1-c1ccc2c(c1O)CCCC2. The predicted octanol–water partition coefficient (Wildman–Crippen LogP) is 3.54. The van der Waals surface area contributed by atoms with Gasteiger partial charge in [0.25, 0.3) is 0 Å². The minimum absolute atomic E-state index is 0.397. The van der Waals surface area contributed by atoms with Crippen LogP contribution in [0.15, 0.2) is 18.2 Å². The quantitative estimate of drug-likeness (QED) is 0.885. The van der Waals surface area contributed by atoms with Gasteiger partial charge in [-0.25, -0.2) is 0 Å². The van der Waals surface area contributed by atoms with Gasteiger partial charge in [0.15, 0.2) is 0 Å². The molecule has 2 N–H and O–H groups in total. The highest BCUT2D eigenvalue weighted by Gasteiger charge is 2.20.